The summed E-state index contributed by atoms with van der Waals surface area (Å²) in [5.74, 6) is 0.551. The lowest BCUT2D eigenvalue weighted by atomic mass is 10.2. The van der Waals surface area contributed by atoms with E-state index in [1.165, 1.54) is 0 Å². The molecule has 0 fully saturated rings. The molecule has 4 nitrogen and oxygen atoms in total. The van der Waals surface area contributed by atoms with Gasteiger partial charge in [0.15, 0.2) is 0 Å². The number of rotatable bonds is 4. The second-order valence-corrected chi connectivity index (χ2v) is 5.88. The molecular formula is C16H21NO3. The number of carbonyl (C=O) groups excluding carboxylic acids is 1. The summed E-state index contributed by atoms with van der Waals surface area (Å²) in [6.07, 6.45) is 0. The van der Waals surface area contributed by atoms with E-state index >= 15 is 0 Å². The summed E-state index contributed by atoms with van der Waals surface area (Å²) in [6, 6.07) is 9.79. The van der Waals surface area contributed by atoms with Gasteiger partial charge in [0.05, 0.1) is 12.6 Å². The van der Waals surface area contributed by atoms with Crippen LogP contribution in [0.2, 0.25) is 0 Å². The first-order valence-electron chi connectivity index (χ1n) is 6.79. The lowest BCUT2D eigenvalue weighted by Crippen LogP contribution is -2.32. The number of nitrogens with one attached hydrogen (secondary N) is 1. The second kappa shape index (κ2) is 5.67. The Bertz CT molecular complexity index is 562. The molecule has 2 rings (SSSR count). The Morgan fingerprint density at radius 2 is 2.05 bits per heavy atom. The van der Waals surface area contributed by atoms with Crippen molar-refractivity contribution in [1.29, 1.82) is 0 Å². The number of hydrogen-bond acceptors (Lipinski definition) is 4. The van der Waals surface area contributed by atoms with E-state index < -0.39 is 5.60 Å². The van der Waals surface area contributed by atoms with Crippen molar-refractivity contribution in [1.82, 2.24) is 5.32 Å². The maximum atomic E-state index is 11.7. The molecule has 1 atom stereocenters. The average Bonchev–Trinajstić information content (AvgIpc) is 2.77. The van der Waals surface area contributed by atoms with Gasteiger partial charge in [-0.15, -0.1) is 0 Å². The van der Waals surface area contributed by atoms with Crippen LogP contribution in [0.3, 0.4) is 0 Å². The minimum atomic E-state index is -0.457. The van der Waals surface area contributed by atoms with Gasteiger partial charge in [-0.25, -0.2) is 0 Å². The van der Waals surface area contributed by atoms with Gasteiger partial charge < -0.3 is 9.15 Å². The molecule has 0 radical (unpaired) electrons. The van der Waals surface area contributed by atoms with E-state index in [-0.39, 0.29) is 18.6 Å². The van der Waals surface area contributed by atoms with Crippen LogP contribution in [0, 0.1) is 0 Å². The maximum Gasteiger partial charge on any atom is 0.320 e. The molecule has 0 saturated carbocycles. The summed E-state index contributed by atoms with van der Waals surface area (Å²) in [4.78, 5) is 11.7. The Kier molecular flexibility index (Phi) is 4.14. The van der Waals surface area contributed by atoms with Crippen molar-refractivity contribution < 1.29 is 13.9 Å². The summed E-state index contributed by atoms with van der Waals surface area (Å²) >= 11 is 0. The normalized spacial score (nSPS) is 13.4. The Labute approximate surface area is 119 Å². The van der Waals surface area contributed by atoms with E-state index in [9.17, 15) is 4.79 Å². The molecular weight excluding hydrogens is 254 g/mol. The van der Waals surface area contributed by atoms with Crippen LogP contribution in [0.15, 0.2) is 34.7 Å². The summed E-state index contributed by atoms with van der Waals surface area (Å²) in [5, 5.41) is 4.18. The molecule has 0 spiro atoms. The van der Waals surface area contributed by atoms with E-state index in [1.54, 1.807) is 0 Å². The number of furan rings is 1. The highest BCUT2D eigenvalue weighted by molar-refractivity contribution is 5.77. The first-order chi connectivity index (χ1) is 9.35. The fourth-order valence-corrected chi connectivity index (χ4v) is 1.93. The largest absolute Gasteiger partial charge is 0.459 e. The molecule has 1 unspecified atom stereocenters. The third-order valence-electron chi connectivity index (χ3n) is 2.84. The van der Waals surface area contributed by atoms with Crippen LogP contribution >= 0.6 is 0 Å². The van der Waals surface area contributed by atoms with E-state index in [0.717, 1.165) is 16.7 Å². The van der Waals surface area contributed by atoms with Crippen LogP contribution in [0.25, 0.3) is 11.0 Å². The van der Waals surface area contributed by atoms with E-state index in [4.69, 9.17) is 9.15 Å². The molecule has 1 aromatic carbocycles. The minimum Gasteiger partial charge on any atom is -0.459 e. The molecule has 1 aromatic heterocycles. The zero-order chi connectivity index (χ0) is 14.8. The Hall–Kier alpha value is -1.81. The average molecular weight is 275 g/mol. The van der Waals surface area contributed by atoms with Crippen molar-refractivity contribution in [2.75, 3.05) is 6.54 Å². The maximum absolute atomic E-state index is 11.7. The molecule has 0 aliphatic rings. The van der Waals surface area contributed by atoms with E-state index in [2.05, 4.69) is 5.32 Å². The molecule has 4 heteroatoms. The summed E-state index contributed by atoms with van der Waals surface area (Å²) < 4.78 is 11.0. The SMILES string of the molecule is CC(NCC(=O)OC(C)(C)C)c1cc2ccccc2o1. The van der Waals surface area contributed by atoms with Crippen molar-refractivity contribution in [2.45, 2.75) is 39.3 Å². The number of fused-ring (bicyclic) bond motifs is 1. The molecule has 20 heavy (non-hydrogen) atoms. The van der Waals surface area contributed by atoms with Crippen molar-refractivity contribution in [3.05, 3.63) is 36.1 Å². The minimum absolute atomic E-state index is 0.0464. The fourth-order valence-electron chi connectivity index (χ4n) is 1.93. The molecule has 0 amide bonds. The highest BCUT2D eigenvalue weighted by atomic mass is 16.6. The number of ether oxygens (including phenoxy) is 1. The van der Waals surface area contributed by atoms with Crippen LogP contribution in [-0.4, -0.2) is 18.1 Å². The highest BCUT2D eigenvalue weighted by Crippen LogP contribution is 2.23. The van der Waals surface area contributed by atoms with Crippen LogP contribution in [0.1, 0.15) is 39.5 Å². The number of hydrogen-bond donors (Lipinski definition) is 1. The van der Waals surface area contributed by atoms with Crippen LogP contribution < -0.4 is 5.32 Å². The lowest BCUT2D eigenvalue weighted by Gasteiger charge is -2.20. The van der Waals surface area contributed by atoms with Crippen LogP contribution in [-0.2, 0) is 9.53 Å². The molecule has 0 saturated heterocycles. The van der Waals surface area contributed by atoms with Gasteiger partial charge >= 0.3 is 5.97 Å². The van der Waals surface area contributed by atoms with Gasteiger partial charge in [-0.1, -0.05) is 18.2 Å². The number of carbonyl (C=O) groups is 1. The molecule has 108 valence electrons. The van der Waals surface area contributed by atoms with E-state index in [0.29, 0.717) is 0 Å². The standard InChI is InChI=1S/C16H21NO3/c1-11(17-10-15(18)20-16(2,3)4)14-9-12-7-5-6-8-13(12)19-14/h5-9,11,17H,10H2,1-4H3. The highest BCUT2D eigenvalue weighted by Gasteiger charge is 2.18. The topological polar surface area (TPSA) is 51.5 Å². The van der Waals surface area contributed by atoms with Crippen molar-refractivity contribution in [3.8, 4) is 0 Å². The van der Waals surface area contributed by atoms with Crippen molar-refractivity contribution in [2.24, 2.45) is 0 Å². The Morgan fingerprint density at radius 1 is 1.35 bits per heavy atom. The molecule has 1 N–H and O–H groups in total. The van der Waals surface area contributed by atoms with Gasteiger partial charge in [-0.05, 0) is 39.8 Å². The van der Waals surface area contributed by atoms with Gasteiger partial charge in [0.2, 0.25) is 0 Å². The molecule has 2 aromatic rings. The van der Waals surface area contributed by atoms with Crippen LogP contribution in [0.5, 0.6) is 0 Å². The summed E-state index contributed by atoms with van der Waals surface area (Å²) in [6.45, 7) is 7.69. The quantitative estimate of drug-likeness (QED) is 0.869. The lowest BCUT2D eigenvalue weighted by molar-refractivity contribution is -0.153. The summed E-state index contributed by atoms with van der Waals surface area (Å²) in [7, 11) is 0. The fraction of sp³-hybridized carbons (Fsp3) is 0.438. The van der Waals surface area contributed by atoms with Crippen molar-refractivity contribution >= 4 is 16.9 Å². The molecule has 0 bridgehead atoms. The monoisotopic (exact) mass is 275 g/mol. The van der Waals surface area contributed by atoms with Gasteiger partial charge in [0, 0.05) is 5.39 Å². The van der Waals surface area contributed by atoms with Gasteiger partial charge in [-0.3, -0.25) is 10.1 Å². The van der Waals surface area contributed by atoms with Crippen LogP contribution in [0.4, 0.5) is 0 Å². The molecule has 1 heterocycles. The summed E-state index contributed by atoms with van der Waals surface area (Å²) in [5.41, 5.74) is 0.398. The number of benzene rings is 1. The second-order valence-electron chi connectivity index (χ2n) is 5.88. The zero-order valence-corrected chi connectivity index (χ0v) is 12.4. The Morgan fingerprint density at radius 3 is 2.70 bits per heavy atom. The smallest absolute Gasteiger partial charge is 0.320 e. The van der Waals surface area contributed by atoms with E-state index in [1.807, 2.05) is 58.0 Å². The van der Waals surface area contributed by atoms with Crippen molar-refractivity contribution in [3.63, 3.8) is 0 Å². The first-order valence-corrected chi connectivity index (χ1v) is 6.79. The predicted octanol–water partition coefficient (Wildman–Crippen LogP) is 3.43. The van der Waals surface area contributed by atoms with Gasteiger partial charge in [-0.2, -0.15) is 0 Å². The Balaban J connectivity index is 1.95. The molecule has 0 aliphatic heterocycles. The third kappa shape index (κ3) is 3.84. The van der Waals surface area contributed by atoms with Gasteiger partial charge in [0.1, 0.15) is 16.9 Å². The number of para-hydroxylation sites is 1. The van der Waals surface area contributed by atoms with Gasteiger partial charge in [0.25, 0.3) is 0 Å². The molecule has 0 aliphatic carbocycles. The first kappa shape index (κ1) is 14.6. The predicted molar refractivity (Wildman–Crippen MR) is 78.5 cm³/mol. The zero-order valence-electron chi connectivity index (χ0n) is 12.4. The number of esters is 1. The third-order valence-corrected chi connectivity index (χ3v) is 2.84.